The molecule has 3 aromatic rings. The fraction of sp³-hybridized carbons (Fsp3) is 0.273. The van der Waals surface area contributed by atoms with E-state index in [4.69, 9.17) is 4.74 Å². The van der Waals surface area contributed by atoms with Gasteiger partial charge in [0.05, 0.1) is 12.9 Å². The van der Waals surface area contributed by atoms with E-state index in [1.54, 1.807) is 12.5 Å². The molecule has 1 atom stereocenters. The summed E-state index contributed by atoms with van der Waals surface area (Å²) in [5.74, 6) is 1.10. The molecule has 132 valence electrons. The van der Waals surface area contributed by atoms with Crippen molar-refractivity contribution in [2.24, 2.45) is 0 Å². The van der Waals surface area contributed by atoms with Gasteiger partial charge >= 0.3 is 0 Å². The summed E-state index contributed by atoms with van der Waals surface area (Å²) >= 11 is 0. The molecule has 4 heteroatoms. The van der Waals surface area contributed by atoms with Crippen LogP contribution in [0.25, 0.3) is 0 Å². The van der Waals surface area contributed by atoms with Crippen LogP contribution in [0.1, 0.15) is 46.0 Å². The third-order valence-electron chi connectivity index (χ3n) is 5.06. The van der Waals surface area contributed by atoms with Gasteiger partial charge in [-0.15, -0.1) is 0 Å². The number of carbonyl (C=O) groups is 1. The summed E-state index contributed by atoms with van der Waals surface area (Å²) in [5, 5.41) is 0. The molecule has 2 aromatic carbocycles. The molecular weight excluding hydrogens is 324 g/mol. The van der Waals surface area contributed by atoms with Gasteiger partial charge in [-0.3, -0.25) is 4.79 Å². The number of ether oxygens (including phenoxy) is 1. The van der Waals surface area contributed by atoms with Gasteiger partial charge in [0.15, 0.2) is 5.78 Å². The fourth-order valence-corrected chi connectivity index (χ4v) is 3.62. The Morgan fingerprint density at radius 2 is 2.00 bits per heavy atom. The Morgan fingerprint density at radius 3 is 2.77 bits per heavy atom. The molecule has 0 fully saturated rings. The first-order valence-electron chi connectivity index (χ1n) is 9.05. The zero-order valence-corrected chi connectivity index (χ0v) is 14.9. The summed E-state index contributed by atoms with van der Waals surface area (Å²) in [6, 6.07) is 14.1. The minimum Gasteiger partial charge on any atom is -0.484 e. The van der Waals surface area contributed by atoms with Gasteiger partial charge in [-0.2, -0.15) is 0 Å². The van der Waals surface area contributed by atoms with Gasteiger partial charge in [-0.25, -0.2) is 4.98 Å². The van der Waals surface area contributed by atoms with Crippen molar-refractivity contribution in [2.45, 2.75) is 38.8 Å². The summed E-state index contributed by atoms with van der Waals surface area (Å²) in [5.41, 5.74) is 4.22. The normalized spacial score (nSPS) is 14.7. The largest absolute Gasteiger partial charge is 0.484 e. The van der Waals surface area contributed by atoms with Gasteiger partial charge in [0.2, 0.25) is 0 Å². The highest BCUT2D eigenvalue weighted by molar-refractivity contribution is 5.99. The van der Waals surface area contributed by atoms with Crippen molar-refractivity contribution in [3.8, 4) is 5.75 Å². The molecule has 1 aliphatic rings. The van der Waals surface area contributed by atoms with Gasteiger partial charge in [0.25, 0.3) is 0 Å². The van der Waals surface area contributed by atoms with Crippen molar-refractivity contribution in [3.05, 3.63) is 83.4 Å². The first kappa shape index (κ1) is 16.6. The van der Waals surface area contributed by atoms with Crippen molar-refractivity contribution >= 4 is 5.78 Å². The van der Waals surface area contributed by atoms with E-state index in [0.29, 0.717) is 13.0 Å². The molecule has 4 nitrogen and oxygen atoms in total. The van der Waals surface area contributed by atoms with Crippen LogP contribution in [0.5, 0.6) is 5.75 Å². The smallest absolute Gasteiger partial charge is 0.163 e. The van der Waals surface area contributed by atoms with Gasteiger partial charge in [0, 0.05) is 24.4 Å². The number of Topliss-reactive ketones (excluding diaryl/α,β-unsaturated/α-hetero) is 1. The average Bonchev–Trinajstić information content (AvgIpc) is 3.18. The van der Waals surface area contributed by atoms with Crippen LogP contribution in [0.3, 0.4) is 0 Å². The zero-order valence-electron chi connectivity index (χ0n) is 14.9. The highest BCUT2D eigenvalue weighted by Gasteiger charge is 2.22. The third-order valence-corrected chi connectivity index (χ3v) is 5.06. The molecule has 0 aliphatic heterocycles. The summed E-state index contributed by atoms with van der Waals surface area (Å²) in [6.45, 7) is 2.74. The second kappa shape index (κ2) is 7.16. The van der Waals surface area contributed by atoms with Gasteiger partial charge in [-0.05, 0) is 48.6 Å². The molecule has 0 radical (unpaired) electrons. The predicted molar refractivity (Wildman–Crippen MR) is 100 cm³/mol. The quantitative estimate of drug-likeness (QED) is 0.682. The third kappa shape index (κ3) is 3.27. The van der Waals surface area contributed by atoms with Crippen LogP contribution in [0.15, 0.2) is 61.2 Å². The Hall–Kier alpha value is -2.88. The minimum absolute atomic E-state index is 0.124. The van der Waals surface area contributed by atoms with Crippen molar-refractivity contribution < 1.29 is 9.53 Å². The minimum atomic E-state index is -0.124. The van der Waals surface area contributed by atoms with Crippen LogP contribution >= 0.6 is 0 Å². The van der Waals surface area contributed by atoms with E-state index in [2.05, 4.69) is 24.0 Å². The molecule has 0 spiro atoms. The summed E-state index contributed by atoms with van der Waals surface area (Å²) in [6.07, 6.45) is 7.92. The second-order valence-corrected chi connectivity index (χ2v) is 6.77. The van der Waals surface area contributed by atoms with E-state index in [1.165, 1.54) is 0 Å². The lowest BCUT2D eigenvalue weighted by molar-refractivity contribution is 0.0972. The number of benzene rings is 2. The highest BCUT2D eigenvalue weighted by atomic mass is 16.5. The van der Waals surface area contributed by atoms with E-state index in [1.807, 2.05) is 41.1 Å². The van der Waals surface area contributed by atoms with E-state index >= 15 is 0 Å². The van der Waals surface area contributed by atoms with Crippen molar-refractivity contribution in [3.63, 3.8) is 0 Å². The summed E-state index contributed by atoms with van der Waals surface area (Å²) in [7, 11) is 0. The number of carbonyl (C=O) groups excluding carboxylic acids is 1. The number of rotatable bonds is 5. The van der Waals surface area contributed by atoms with Gasteiger partial charge in [-0.1, -0.05) is 30.3 Å². The number of ketones is 1. The molecule has 0 amide bonds. The van der Waals surface area contributed by atoms with Crippen LogP contribution < -0.4 is 4.74 Å². The lowest BCUT2D eigenvalue weighted by Gasteiger charge is -2.24. The summed E-state index contributed by atoms with van der Waals surface area (Å²) in [4.78, 5) is 16.3. The average molecular weight is 346 g/mol. The maximum atomic E-state index is 12.2. The van der Waals surface area contributed by atoms with E-state index in [9.17, 15) is 4.79 Å². The number of aromatic nitrogens is 2. The standard InChI is InChI=1S/C22H22N2O2/c1-16-18-8-5-9-20(25)19(18)10-11-21(16)26-22(14-24-13-12-23-15-24)17-6-3-2-4-7-17/h2-4,6-7,10-13,15,22H,5,8-9,14H2,1H3/t22-/m1/s1. The Balaban J connectivity index is 1.66. The number of hydrogen-bond donors (Lipinski definition) is 0. The molecule has 0 N–H and O–H groups in total. The summed E-state index contributed by atoms with van der Waals surface area (Å²) < 4.78 is 8.47. The SMILES string of the molecule is Cc1c(O[C@H](Cn2ccnc2)c2ccccc2)ccc2c1CCCC2=O. The van der Waals surface area contributed by atoms with Crippen LogP contribution in [0.4, 0.5) is 0 Å². The zero-order chi connectivity index (χ0) is 17.9. The van der Waals surface area contributed by atoms with Crippen molar-refractivity contribution in [1.29, 1.82) is 0 Å². The maximum Gasteiger partial charge on any atom is 0.163 e. The van der Waals surface area contributed by atoms with Crippen LogP contribution in [0, 0.1) is 6.92 Å². The number of nitrogens with zero attached hydrogens (tertiary/aromatic N) is 2. The topological polar surface area (TPSA) is 44.1 Å². The Bertz CT molecular complexity index is 901. The number of fused-ring (bicyclic) bond motifs is 1. The Morgan fingerprint density at radius 1 is 1.15 bits per heavy atom. The second-order valence-electron chi connectivity index (χ2n) is 6.77. The van der Waals surface area contributed by atoms with Gasteiger partial charge < -0.3 is 9.30 Å². The molecular formula is C22H22N2O2. The fourth-order valence-electron chi connectivity index (χ4n) is 3.62. The lowest BCUT2D eigenvalue weighted by atomic mass is 9.87. The Labute approximate surface area is 153 Å². The molecule has 0 saturated carbocycles. The first-order chi connectivity index (χ1) is 12.7. The number of hydrogen-bond acceptors (Lipinski definition) is 3. The highest BCUT2D eigenvalue weighted by Crippen LogP contribution is 2.33. The van der Waals surface area contributed by atoms with Crippen molar-refractivity contribution in [1.82, 2.24) is 9.55 Å². The molecule has 1 aliphatic carbocycles. The molecule has 0 unspecified atom stereocenters. The molecule has 26 heavy (non-hydrogen) atoms. The monoisotopic (exact) mass is 346 g/mol. The lowest BCUT2D eigenvalue weighted by Crippen LogP contribution is -2.17. The van der Waals surface area contributed by atoms with Crippen LogP contribution in [-0.2, 0) is 13.0 Å². The van der Waals surface area contributed by atoms with E-state index < -0.39 is 0 Å². The molecule has 1 heterocycles. The van der Waals surface area contributed by atoms with Crippen molar-refractivity contribution in [2.75, 3.05) is 0 Å². The van der Waals surface area contributed by atoms with E-state index in [0.717, 1.165) is 40.8 Å². The molecule has 4 rings (SSSR count). The molecule has 0 saturated heterocycles. The maximum absolute atomic E-state index is 12.2. The van der Waals surface area contributed by atoms with Crippen LogP contribution in [0.2, 0.25) is 0 Å². The van der Waals surface area contributed by atoms with E-state index in [-0.39, 0.29) is 11.9 Å². The predicted octanol–water partition coefficient (Wildman–Crippen LogP) is 4.53. The number of imidazole rings is 1. The van der Waals surface area contributed by atoms with Gasteiger partial charge in [0.1, 0.15) is 11.9 Å². The van der Waals surface area contributed by atoms with Crippen LogP contribution in [-0.4, -0.2) is 15.3 Å². The first-order valence-corrected chi connectivity index (χ1v) is 9.05. The molecule has 1 aromatic heterocycles. The Kier molecular flexibility index (Phi) is 4.57. The molecule has 0 bridgehead atoms.